The van der Waals surface area contributed by atoms with Crippen molar-refractivity contribution in [1.82, 2.24) is 4.90 Å². The van der Waals surface area contributed by atoms with Crippen LogP contribution in [0.1, 0.15) is 27.2 Å². The maximum absolute atomic E-state index is 12.9. The van der Waals surface area contributed by atoms with Gasteiger partial charge in [0.15, 0.2) is 0 Å². The van der Waals surface area contributed by atoms with Gasteiger partial charge in [0, 0.05) is 22.0 Å². The summed E-state index contributed by atoms with van der Waals surface area (Å²) in [5.74, 6) is 0.649. The number of likely N-dealkylation sites (tertiary alicyclic amines) is 1. The standard InChI is InChI=1S/C16H23BrN2OS/c1-11-8-12(9-18)10-19(11)15(20)16(2,3)21-14-6-4-13(17)5-7-14/h4-7,11-12H,8-10,18H2,1-3H3. The first-order valence-electron chi connectivity index (χ1n) is 7.29. The maximum atomic E-state index is 12.9. The van der Waals surface area contributed by atoms with Crippen molar-refractivity contribution in [1.29, 1.82) is 0 Å². The molecule has 0 saturated carbocycles. The predicted octanol–water partition coefficient (Wildman–Crippen LogP) is 3.52. The molecule has 116 valence electrons. The van der Waals surface area contributed by atoms with Crippen molar-refractivity contribution in [2.24, 2.45) is 11.7 Å². The van der Waals surface area contributed by atoms with Gasteiger partial charge >= 0.3 is 0 Å². The normalized spacial score (nSPS) is 22.6. The molecule has 1 fully saturated rings. The highest BCUT2D eigenvalue weighted by atomic mass is 79.9. The molecule has 2 unspecified atom stereocenters. The van der Waals surface area contributed by atoms with Crippen molar-refractivity contribution in [3.63, 3.8) is 0 Å². The summed E-state index contributed by atoms with van der Waals surface area (Å²) in [6.45, 7) is 7.58. The minimum absolute atomic E-state index is 0.207. The summed E-state index contributed by atoms with van der Waals surface area (Å²) in [6, 6.07) is 8.38. The van der Waals surface area contributed by atoms with Crippen molar-refractivity contribution in [3.05, 3.63) is 28.7 Å². The molecule has 0 bridgehead atoms. The Kier molecular flexibility index (Phi) is 5.38. The van der Waals surface area contributed by atoms with Crippen molar-refractivity contribution in [2.45, 2.75) is 42.9 Å². The Morgan fingerprint density at radius 1 is 1.43 bits per heavy atom. The van der Waals surface area contributed by atoms with Crippen LogP contribution in [-0.4, -0.2) is 34.7 Å². The quantitative estimate of drug-likeness (QED) is 0.824. The molecule has 2 atom stereocenters. The van der Waals surface area contributed by atoms with Crippen molar-refractivity contribution in [2.75, 3.05) is 13.1 Å². The lowest BCUT2D eigenvalue weighted by molar-refractivity contribution is -0.133. The van der Waals surface area contributed by atoms with Gasteiger partial charge in [-0.2, -0.15) is 0 Å². The van der Waals surface area contributed by atoms with Crippen LogP contribution >= 0.6 is 27.7 Å². The van der Waals surface area contributed by atoms with Gasteiger partial charge in [-0.25, -0.2) is 0 Å². The summed E-state index contributed by atoms with van der Waals surface area (Å²) in [4.78, 5) is 16.0. The van der Waals surface area contributed by atoms with Crippen LogP contribution in [0, 0.1) is 5.92 Å². The SMILES string of the molecule is CC1CC(CN)CN1C(=O)C(C)(C)Sc1ccc(Br)cc1. The van der Waals surface area contributed by atoms with Crippen LogP contribution in [0.5, 0.6) is 0 Å². The van der Waals surface area contributed by atoms with Crippen LogP contribution in [0.15, 0.2) is 33.6 Å². The highest BCUT2D eigenvalue weighted by Crippen LogP contribution is 2.36. The third-order valence-electron chi connectivity index (χ3n) is 3.96. The average Bonchev–Trinajstić information content (AvgIpc) is 2.81. The Morgan fingerprint density at radius 3 is 2.57 bits per heavy atom. The number of nitrogens with zero attached hydrogens (tertiary/aromatic N) is 1. The first-order valence-corrected chi connectivity index (χ1v) is 8.90. The van der Waals surface area contributed by atoms with E-state index in [0.29, 0.717) is 12.5 Å². The number of halogens is 1. The summed E-state index contributed by atoms with van der Waals surface area (Å²) in [7, 11) is 0. The zero-order chi connectivity index (χ0) is 15.6. The van der Waals surface area contributed by atoms with E-state index in [1.54, 1.807) is 11.8 Å². The van der Waals surface area contributed by atoms with Crippen molar-refractivity contribution in [3.8, 4) is 0 Å². The van der Waals surface area contributed by atoms with E-state index in [0.717, 1.165) is 22.3 Å². The minimum atomic E-state index is -0.467. The first kappa shape index (κ1) is 16.8. The Labute approximate surface area is 139 Å². The van der Waals surface area contributed by atoms with Crippen LogP contribution in [0.4, 0.5) is 0 Å². The van der Waals surface area contributed by atoms with Gasteiger partial charge in [0.2, 0.25) is 5.91 Å². The summed E-state index contributed by atoms with van der Waals surface area (Å²) >= 11 is 5.05. The van der Waals surface area contributed by atoms with Crippen LogP contribution in [0.2, 0.25) is 0 Å². The van der Waals surface area contributed by atoms with E-state index >= 15 is 0 Å². The molecule has 1 amide bonds. The third-order valence-corrected chi connectivity index (χ3v) is 5.68. The molecule has 2 N–H and O–H groups in total. The molecule has 1 aromatic rings. The van der Waals surface area contributed by atoms with Gasteiger partial charge in [-0.15, -0.1) is 11.8 Å². The van der Waals surface area contributed by atoms with Crippen LogP contribution < -0.4 is 5.73 Å². The number of hydrogen-bond acceptors (Lipinski definition) is 3. The number of rotatable bonds is 4. The number of carbonyl (C=O) groups is 1. The summed E-state index contributed by atoms with van der Waals surface area (Å²) in [6.07, 6.45) is 1.02. The van der Waals surface area contributed by atoms with Gasteiger partial charge in [0.25, 0.3) is 0 Å². The second-order valence-electron chi connectivity index (χ2n) is 6.21. The van der Waals surface area contributed by atoms with Gasteiger partial charge in [-0.05, 0) is 63.9 Å². The number of thioether (sulfide) groups is 1. The van der Waals surface area contributed by atoms with E-state index in [1.807, 2.05) is 43.0 Å². The lowest BCUT2D eigenvalue weighted by Gasteiger charge is -2.31. The molecule has 1 aliphatic rings. The van der Waals surface area contributed by atoms with E-state index in [1.165, 1.54) is 0 Å². The molecule has 0 spiro atoms. The summed E-state index contributed by atoms with van der Waals surface area (Å²) < 4.78 is 0.584. The fourth-order valence-electron chi connectivity index (χ4n) is 2.78. The molecule has 1 heterocycles. The zero-order valence-electron chi connectivity index (χ0n) is 12.8. The second-order valence-corrected chi connectivity index (χ2v) is 8.82. The highest BCUT2D eigenvalue weighted by Gasteiger charge is 2.39. The average molecular weight is 371 g/mol. The molecule has 0 aromatic heterocycles. The molecular formula is C16H23BrN2OS. The van der Waals surface area contributed by atoms with Gasteiger partial charge in [0.05, 0.1) is 4.75 Å². The lowest BCUT2D eigenvalue weighted by Crippen LogP contribution is -2.45. The first-order chi connectivity index (χ1) is 9.83. The monoisotopic (exact) mass is 370 g/mol. The van der Waals surface area contributed by atoms with E-state index in [9.17, 15) is 4.79 Å². The van der Waals surface area contributed by atoms with E-state index in [-0.39, 0.29) is 11.9 Å². The van der Waals surface area contributed by atoms with Crippen LogP contribution in [-0.2, 0) is 4.79 Å². The van der Waals surface area contributed by atoms with Gasteiger partial charge in [-0.3, -0.25) is 4.79 Å². The van der Waals surface area contributed by atoms with E-state index in [4.69, 9.17) is 5.73 Å². The van der Waals surface area contributed by atoms with Crippen molar-refractivity contribution < 1.29 is 4.79 Å². The maximum Gasteiger partial charge on any atom is 0.238 e. The Morgan fingerprint density at radius 2 is 2.05 bits per heavy atom. The highest BCUT2D eigenvalue weighted by molar-refractivity contribution is 9.10. The molecule has 3 nitrogen and oxygen atoms in total. The minimum Gasteiger partial charge on any atom is -0.338 e. The van der Waals surface area contributed by atoms with E-state index in [2.05, 4.69) is 22.9 Å². The van der Waals surface area contributed by atoms with Crippen molar-refractivity contribution >= 4 is 33.6 Å². The van der Waals surface area contributed by atoms with Gasteiger partial charge in [0.1, 0.15) is 0 Å². The Balaban J connectivity index is 2.08. The molecule has 1 saturated heterocycles. The zero-order valence-corrected chi connectivity index (χ0v) is 15.2. The smallest absolute Gasteiger partial charge is 0.238 e. The molecule has 2 rings (SSSR count). The molecule has 1 aromatic carbocycles. The largest absolute Gasteiger partial charge is 0.338 e. The topological polar surface area (TPSA) is 46.3 Å². The third kappa shape index (κ3) is 4.02. The van der Waals surface area contributed by atoms with E-state index < -0.39 is 4.75 Å². The summed E-state index contributed by atoms with van der Waals surface area (Å²) in [5.41, 5.74) is 5.76. The van der Waals surface area contributed by atoms with Gasteiger partial charge < -0.3 is 10.6 Å². The second kappa shape index (κ2) is 6.71. The molecular weight excluding hydrogens is 348 g/mol. The molecule has 0 radical (unpaired) electrons. The number of amides is 1. The molecule has 5 heteroatoms. The van der Waals surface area contributed by atoms with Crippen LogP contribution in [0.25, 0.3) is 0 Å². The Bertz CT molecular complexity index is 504. The predicted molar refractivity (Wildman–Crippen MR) is 92.4 cm³/mol. The molecule has 1 aliphatic heterocycles. The number of benzene rings is 1. The van der Waals surface area contributed by atoms with Gasteiger partial charge in [-0.1, -0.05) is 15.9 Å². The number of carbonyl (C=O) groups excluding carboxylic acids is 1. The molecule has 21 heavy (non-hydrogen) atoms. The fraction of sp³-hybridized carbons (Fsp3) is 0.562. The Hall–Kier alpha value is -0.520. The lowest BCUT2D eigenvalue weighted by atomic mass is 10.1. The fourth-order valence-corrected chi connectivity index (χ4v) is 4.11. The molecule has 0 aliphatic carbocycles. The number of hydrogen-bond donors (Lipinski definition) is 1. The number of nitrogens with two attached hydrogens (primary N) is 1. The van der Waals surface area contributed by atoms with Crippen LogP contribution in [0.3, 0.4) is 0 Å². The summed E-state index contributed by atoms with van der Waals surface area (Å²) in [5, 5.41) is 0.